The molecule has 1 rings (SSSR count). The van der Waals surface area contributed by atoms with Gasteiger partial charge in [-0.05, 0) is 34.1 Å². The minimum Gasteiger partial charge on any atom is -0.377 e. The van der Waals surface area contributed by atoms with Crippen LogP contribution in [0.4, 0.5) is 0 Å². The summed E-state index contributed by atoms with van der Waals surface area (Å²) in [4.78, 5) is 11.6. The van der Waals surface area contributed by atoms with Crippen LogP contribution >= 0.6 is 0 Å². The summed E-state index contributed by atoms with van der Waals surface area (Å²) in [7, 11) is -1.13. The molecule has 16 heavy (non-hydrogen) atoms. The van der Waals surface area contributed by atoms with Crippen molar-refractivity contribution in [1.82, 2.24) is 5.32 Å². The van der Waals surface area contributed by atoms with E-state index in [1.54, 1.807) is 0 Å². The van der Waals surface area contributed by atoms with Gasteiger partial charge in [-0.3, -0.25) is 9.00 Å². The molecule has 0 aromatic rings. The summed E-state index contributed by atoms with van der Waals surface area (Å²) in [6.07, 6.45) is 0.791. The van der Waals surface area contributed by atoms with E-state index in [-0.39, 0.29) is 28.6 Å². The first-order valence-electron chi connectivity index (χ1n) is 5.59. The molecule has 1 fully saturated rings. The number of nitrogens with one attached hydrogen (secondary N) is 1. The van der Waals surface area contributed by atoms with Crippen molar-refractivity contribution in [1.29, 1.82) is 0 Å². The Balaban J connectivity index is 2.42. The zero-order valence-corrected chi connectivity index (χ0v) is 11.2. The summed E-state index contributed by atoms with van der Waals surface area (Å²) in [5.41, 5.74) is -0.265. The van der Waals surface area contributed by atoms with Gasteiger partial charge in [0, 0.05) is 22.9 Å². The first kappa shape index (κ1) is 13.6. The van der Waals surface area contributed by atoms with Crippen molar-refractivity contribution < 1.29 is 13.7 Å². The SMILES string of the molecule is C[C@@H]1OCC[C@@H]1[S@@](=O)CC(=O)NC(C)(C)C. The van der Waals surface area contributed by atoms with Gasteiger partial charge in [0.2, 0.25) is 5.91 Å². The summed E-state index contributed by atoms with van der Waals surface area (Å²) in [6, 6.07) is 0. The highest BCUT2D eigenvalue weighted by molar-refractivity contribution is 7.86. The van der Waals surface area contributed by atoms with E-state index in [0.29, 0.717) is 6.61 Å². The van der Waals surface area contributed by atoms with E-state index in [9.17, 15) is 9.00 Å². The standard InChI is InChI=1S/C11H21NO3S/c1-8-9(5-6-15-8)16(14)7-10(13)12-11(2,3)4/h8-9H,5-7H2,1-4H3,(H,12,13)/t8-,9-,16-/m0/s1. The Morgan fingerprint density at radius 2 is 2.12 bits per heavy atom. The molecule has 1 amide bonds. The highest BCUT2D eigenvalue weighted by Gasteiger charge is 2.31. The van der Waals surface area contributed by atoms with Crippen LogP contribution in [0.2, 0.25) is 0 Å². The van der Waals surface area contributed by atoms with E-state index < -0.39 is 10.8 Å². The van der Waals surface area contributed by atoms with Gasteiger partial charge in [-0.2, -0.15) is 0 Å². The molecule has 5 heteroatoms. The number of hydrogen-bond donors (Lipinski definition) is 1. The first-order valence-corrected chi connectivity index (χ1v) is 6.97. The molecule has 1 aliphatic rings. The third kappa shape index (κ3) is 4.22. The van der Waals surface area contributed by atoms with Crippen molar-refractivity contribution in [3.8, 4) is 0 Å². The van der Waals surface area contributed by atoms with E-state index in [0.717, 1.165) is 6.42 Å². The van der Waals surface area contributed by atoms with Gasteiger partial charge < -0.3 is 10.1 Å². The average molecular weight is 247 g/mol. The van der Waals surface area contributed by atoms with Crippen molar-refractivity contribution in [2.75, 3.05) is 12.4 Å². The topological polar surface area (TPSA) is 55.4 Å². The van der Waals surface area contributed by atoms with Crippen LogP contribution in [0.15, 0.2) is 0 Å². The Kier molecular flexibility index (Phi) is 4.50. The molecular weight excluding hydrogens is 226 g/mol. The van der Waals surface area contributed by atoms with Gasteiger partial charge in [-0.25, -0.2) is 0 Å². The van der Waals surface area contributed by atoms with Crippen LogP contribution in [-0.4, -0.2) is 39.4 Å². The maximum atomic E-state index is 11.9. The Hall–Kier alpha value is -0.420. The lowest BCUT2D eigenvalue weighted by molar-refractivity contribution is -0.119. The molecule has 0 aromatic heterocycles. The smallest absolute Gasteiger partial charge is 0.233 e. The number of rotatable bonds is 3. The molecule has 0 bridgehead atoms. The second-order valence-corrected chi connectivity index (χ2v) is 6.88. The summed E-state index contributed by atoms with van der Waals surface area (Å²) >= 11 is 0. The molecule has 1 heterocycles. The second-order valence-electron chi connectivity index (χ2n) is 5.23. The molecule has 0 aromatic carbocycles. The van der Waals surface area contributed by atoms with Crippen LogP contribution in [0.1, 0.15) is 34.1 Å². The van der Waals surface area contributed by atoms with E-state index in [2.05, 4.69) is 5.32 Å². The molecule has 0 aliphatic carbocycles. The molecule has 1 aliphatic heterocycles. The number of amides is 1. The minimum atomic E-state index is -1.13. The Morgan fingerprint density at radius 3 is 2.56 bits per heavy atom. The van der Waals surface area contributed by atoms with Crippen molar-refractivity contribution >= 4 is 16.7 Å². The van der Waals surface area contributed by atoms with Gasteiger partial charge in [-0.1, -0.05) is 0 Å². The Labute approximate surface area is 99.6 Å². The fourth-order valence-corrected chi connectivity index (χ4v) is 3.16. The largest absolute Gasteiger partial charge is 0.377 e. The number of carbonyl (C=O) groups is 1. The van der Waals surface area contributed by atoms with Crippen LogP contribution in [0.5, 0.6) is 0 Å². The molecule has 94 valence electrons. The average Bonchev–Trinajstić information content (AvgIpc) is 2.47. The highest BCUT2D eigenvalue weighted by atomic mass is 32.2. The normalized spacial score (nSPS) is 27.8. The van der Waals surface area contributed by atoms with Gasteiger partial charge in [0.1, 0.15) is 5.75 Å². The Bertz CT molecular complexity index is 285. The zero-order valence-electron chi connectivity index (χ0n) is 10.4. The lowest BCUT2D eigenvalue weighted by Gasteiger charge is -2.21. The van der Waals surface area contributed by atoms with Crippen LogP contribution in [-0.2, 0) is 20.3 Å². The first-order chi connectivity index (χ1) is 7.29. The van der Waals surface area contributed by atoms with Crippen molar-refractivity contribution in [3.63, 3.8) is 0 Å². The molecular formula is C11H21NO3S. The van der Waals surface area contributed by atoms with Crippen molar-refractivity contribution in [3.05, 3.63) is 0 Å². The molecule has 3 atom stereocenters. The molecule has 1 saturated heterocycles. The van der Waals surface area contributed by atoms with Gasteiger partial charge in [0.05, 0.1) is 11.4 Å². The summed E-state index contributed by atoms with van der Waals surface area (Å²) in [5.74, 6) is -0.0692. The quantitative estimate of drug-likeness (QED) is 0.803. The van der Waals surface area contributed by atoms with Crippen molar-refractivity contribution in [2.24, 2.45) is 0 Å². The fraction of sp³-hybridized carbons (Fsp3) is 0.909. The Morgan fingerprint density at radius 1 is 1.50 bits per heavy atom. The predicted octanol–water partition coefficient (Wildman–Crippen LogP) is 0.827. The molecule has 4 nitrogen and oxygen atoms in total. The van der Waals surface area contributed by atoms with Gasteiger partial charge in [0.25, 0.3) is 0 Å². The summed E-state index contributed by atoms with van der Waals surface area (Å²) in [6.45, 7) is 8.30. The second kappa shape index (κ2) is 5.27. The predicted molar refractivity (Wildman–Crippen MR) is 64.7 cm³/mol. The monoisotopic (exact) mass is 247 g/mol. The van der Waals surface area contributed by atoms with Gasteiger partial charge in [0.15, 0.2) is 0 Å². The van der Waals surface area contributed by atoms with E-state index >= 15 is 0 Å². The fourth-order valence-electron chi connectivity index (χ4n) is 1.75. The van der Waals surface area contributed by atoms with E-state index in [4.69, 9.17) is 4.74 Å². The minimum absolute atomic E-state index is 0.00303. The maximum absolute atomic E-state index is 11.9. The van der Waals surface area contributed by atoms with Crippen LogP contribution < -0.4 is 5.32 Å². The third-order valence-corrected chi connectivity index (χ3v) is 4.27. The number of ether oxygens (including phenoxy) is 1. The van der Waals surface area contributed by atoms with Crippen LogP contribution in [0.3, 0.4) is 0 Å². The van der Waals surface area contributed by atoms with Crippen LogP contribution in [0.25, 0.3) is 0 Å². The molecule has 0 radical (unpaired) electrons. The highest BCUT2D eigenvalue weighted by Crippen LogP contribution is 2.18. The maximum Gasteiger partial charge on any atom is 0.233 e. The third-order valence-electron chi connectivity index (χ3n) is 2.43. The summed E-state index contributed by atoms with van der Waals surface area (Å²) < 4.78 is 17.3. The lowest BCUT2D eigenvalue weighted by atomic mass is 10.1. The lowest BCUT2D eigenvalue weighted by Crippen LogP contribution is -2.44. The van der Waals surface area contributed by atoms with E-state index in [1.165, 1.54) is 0 Å². The molecule has 0 unspecified atom stereocenters. The summed E-state index contributed by atoms with van der Waals surface area (Å²) in [5, 5.41) is 2.82. The molecule has 1 N–H and O–H groups in total. The van der Waals surface area contributed by atoms with Crippen molar-refractivity contribution in [2.45, 2.75) is 51.0 Å². The molecule has 0 spiro atoms. The number of carbonyl (C=O) groups excluding carboxylic acids is 1. The van der Waals surface area contributed by atoms with Crippen LogP contribution in [0, 0.1) is 0 Å². The van der Waals surface area contributed by atoms with E-state index in [1.807, 2.05) is 27.7 Å². The van der Waals surface area contributed by atoms with Gasteiger partial charge in [-0.15, -0.1) is 0 Å². The van der Waals surface area contributed by atoms with Gasteiger partial charge >= 0.3 is 0 Å². The molecule has 0 saturated carbocycles. The number of hydrogen-bond acceptors (Lipinski definition) is 3. The zero-order chi connectivity index (χ0) is 12.3.